The van der Waals surface area contributed by atoms with Crippen LogP contribution in [0.3, 0.4) is 0 Å². The third-order valence-electron chi connectivity index (χ3n) is 7.02. The van der Waals surface area contributed by atoms with Gasteiger partial charge in [0.2, 0.25) is 0 Å². The summed E-state index contributed by atoms with van der Waals surface area (Å²) in [5, 5.41) is 3.47. The lowest BCUT2D eigenvalue weighted by molar-refractivity contribution is 0.0116. The van der Waals surface area contributed by atoms with Crippen molar-refractivity contribution in [3.8, 4) is 0 Å². The van der Waals surface area contributed by atoms with Crippen molar-refractivity contribution in [3.05, 3.63) is 35.9 Å². The molecule has 1 aromatic carbocycles. The van der Waals surface area contributed by atoms with Crippen molar-refractivity contribution in [3.63, 3.8) is 0 Å². The molecule has 3 fully saturated rings. The molecule has 3 heterocycles. The van der Waals surface area contributed by atoms with Crippen LogP contribution in [0, 0.1) is 11.3 Å². The van der Waals surface area contributed by atoms with Crippen LogP contribution in [-0.4, -0.2) is 61.7 Å². The largest absolute Gasteiger partial charge is 0.445 e. The normalized spacial score (nSPS) is 23.6. The van der Waals surface area contributed by atoms with E-state index in [-0.39, 0.29) is 6.09 Å². The van der Waals surface area contributed by atoms with Gasteiger partial charge in [-0.15, -0.1) is 0 Å². The van der Waals surface area contributed by atoms with Crippen molar-refractivity contribution in [2.45, 2.75) is 45.1 Å². The summed E-state index contributed by atoms with van der Waals surface area (Å²) in [7, 11) is 0. The molecule has 3 saturated heterocycles. The number of likely N-dealkylation sites (tertiary alicyclic amines) is 2. The van der Waals surface area contributed by atoms with Crippen LogP contribution >= 0.6 is 0 Å². The number of nitrogens with one attached hydrogen (secondary N) is 1. The molecule has 4 rings (SSSR count). The van der Waals surface area contributed by atoms with Gasteiger partial charge in [0.05, 0.1) is 0 Å². The first-order valence-electron chi connectivity index (χ1n) is 11.1. The van der Waals surface area contributed by atoms with Gasteiger partial charge in [-0.3, -0.25) is 0 Å². The monoisotopic (exact) mass is 385 g/mol. The zero-order chi connectivity index (χ0) is 19.2. The quantitative estimate of drug-likeness (QED) is 0.862. The Bertz CT molecular complexity index is 622. The molecule has 3 aliphatic rings. The first-order valence-corrected chi connectivity index (χ1v) is 11.1. The molecule has 1 spiro atoms. The smallest absolute Gasteiger partial charge is 0.410 e. The van der Waals surface area contributed by atoms with E-state index in [9.17, 15) is 4.79 Å². The van der Waals surface area contributed by atoms with Gasteiger partial charge in [-0.05, 0) is 81.6 Å². The molecule has 0 unspecified atom stereocenters. The van der Waals surface area contributed by atoms with E-state index in [2.05, 4.69) is 10.2 Å². The molecule has 1 amide bonds. The standard InChI is InChI=1S/C23H35N3O2/c27-22(28-18-21-5-2-1-3-6-21)26-14-4-9-23(19-26)10-15-25(16-11-23)17-20-7-12-24-13-8-20/h1-3,5-6,20,24H,4,7-19H2. The topological polar surface area (TPSA) is 44.8 Å². The lowest BCUT2D eigenvalue weighted by Crippen LogP contribution is -2.52. The van der Waals surface area contributed by atoms with Crippen molar-refractivity contribution in [1.29, 1.82) is 0 Å². The summed E-state index contributed by atoms with van der Waals surface area (Å²) in [5.74, 6) is 0.867. The molecule has 0 bridgehead atoms. The SMILES string of the molecule is O=C(OCc1ccccc1)N1CCCC2(CCN(CC3CCNCC3)CC2)C1. The zero-order valence-electron chi connectivity index (χ0n) is 17.1. The summed E-state index contributed by atoms with van der Waals surface area (Å²) in [4.78, 5) is 17.3. The van der Waals surface area contributed by atoms with Crippen LogP contribution in [-0.2, 0) is 11.3 Å². The van der Waals surface area contributed by atoms with Gasteiger partial charge in [-0.1, -0.05) is 30.3 Å². The molecule has 1 aromatic rings. The van der Waals surface area contributed by atoms with Gasteiger partial charge in [0.1, 0.15) is 6.61 Å². The molecule has 0 aromatic heterocycles. The number of amides is 1. The van der Waals surface area contributed by atoms with Gasteiger partial charge in [-0.25, -0.2) is 4.79 Å². The highest BCUT2D eigenvalue weighted by molar-refractivity contribution is 5.67. The predicted octanol–water partition coefficient (Wildman–Crippen LogP) is 3.50. The number of rotatable bonds is 4. The maximum atomic E-state index is 12.6. The number of carbonyl (C=O) groups excluding carboxylic acids is 1. The minimum absolute atomic E-state index is 0.139. The Balaban J connectivity index is 1.24. The number of carbonyl (C=O) groups is 1. The van der Waals surface area contributed by atoms with Gasteiger partial charge in [0.15, 0.2) is 0 Å². The fourth-order valence-corrected chi connectivity index (χ4v) is 5.22. The Kier molecular flexibility index (Phi) is 6.53. The predicted molar refractivity (Wildman–Crippen MR) is 111 cm³/mol. The van der Waals surface area contributed by atoms with Crippen LogP contribution in [0.5, 0.6) is 0 Å². The molecule has 5 nitrogen and oxygen atoms in total. The number of ether oxygens (including phenoxy) is 1. The summed E-state index contributed by atoms with van der Waals surface area (Å²) in [6.07, 6.45) is 7.32. The maximum absolute atomic E-state index is 12.6. The fraction of sp³-hybridized carbons (Fsp3) is 0.696. The van der Waals surface area contributed by atoms with Crippen molar-refractivity contribution in [1.82, 2.24) is 15.1 Å². The highest BCUT2D eigenvalue weighted by Gasteiger charge is 2.40. The van der Waals surface area contributed by atoms with Crippen LogP contribution in [0.1, 0.15) is 44.1 Å². The van der Waals surface area contributed by atoms with E-state index in [1.807, 2.05) is 35.2 Å². The Morgan fingerprint density at radius 1 is 1.07 bits per heavy atom. The van der Waals surface area contributed by atoms with E-state index in [1.165, 1.54) is 64.8 Å². The number of nitrogens with zero attached hydrogens (tertiary/aromatic N) is 2. The number of hydrogen-bond acceptors (Lipinski definition) is 4. The Morgan fingerprint density at radius 2 is 1.82 bits per heavy atom. The van der Waals surface area contributed by atoms with Crippen LogP contribution in [0.15, 0.2) is 30.3 Å². The minimum Gasteiger partial charge on any atom is -0.445 e. The highest BCUT2D eigenvalue weighted by Crippen LogP contribution is 2.40. The van der Waals surface area contributed by atoms with Gasteiger partial charge < -0.3 is 19.9 Å². The van der Waals surface area contributed by atoms with E-state index in [1.54, 1.807) is 0 Å². The van der Waals surface area contributed by atoms with Crippen molar-refractivity contribution < 1.29 is 9.53 Å². The number of benzene rings is 1. The maximum Gasteiger partial charge on any atom is 0.410 e. The van der Waals surface area contributed by atoms with E-state index in [0.717, 1.165) is 31.0 Å². The molecular weight excluding hydrogens is 350 g/mol. The summed E-state index contributed by atoms with van der Waals surface area (Å²) in [6, 6.07) is 9.96. The summed E-state index contributed by atoms with van der Waals surface area (Å²) in [6.45, 7) is 8.10. The summed E-state index contributed by atoms with van der Waals surface area (Å²) in [5.41, 5.74) is 1.36. The van der Waals surface area contributed by atoms with E-state index in [4.69, 9.17) is 4.74 Å². The second kappa shape index (κ2) is 9.27. The lowest BCUT2D eigenvalue weighted by atomic mass is 9.72. The minimum atomic E-state index is -0.139. The lowest BCUT2D eigenvalue weighted by Gasteiger charge is -2.48. The van der Waals surface area contributed by atoms with Crippen LogP contribution in [0.25, 0.3) is 0 Å². The third-order valence-corrected chi connectivity index (χ3v) is 7.02. The molecule has 0 saturated carbocycles. The molecule has 3 aliphatic heterocycles. The molecule has 5 heteroatoms. The van der Waals surface area contributed by atoms with E-state index < -0.39 is 0 Å². The van der Waals surface area contributed by atoms with Gasteiger partial charge in [0.25, 0.3) is 0 Å². The Morgan fingerprint density at radius 3 is 2.57 bits per heavy atom. The van der Waals surface area contributed by atoms with Crippen LogP contribution in [0.2, 0.25) is 0 Å². The zero-order valence-corrected chi connectivity index (χ0v) is 17.1. The Labute approximate surface area is 169 Å². The molecule has 154 valence electrons. The molecule has 1 N–H and O–H groups in total. The summed E-state index contributed by atoms with van der Waals surface area (Å²) >= 11 is 0. The van der Waals surface area contributed by atoms with Crippen molar-refractivity contribution >= 4 is 6.09 Å². The second-order valence-corrected chi connectivity index (χ2v) is 9.06. The molecule has 0 aliphatic carbocycles. The highest BCUT2D eigenvalue weighted by atomic mass is 16.6. The van der Waals surface area contributed by atoms with Crippen LogP contribution in [0.4, 0.5) is 4.79 Å². The molecule has 28 heavy (non-hydrogen) atoms. The first kappa shape index (κ1) is 19.7. The number of hydrogen-bond donors (Lipinski definition) is 1. The second-order valence-electron chi connectivity index (χ2n) is 9.06. The van der Waals surface area contributed by atoms with E-state index in [0.29, 0.717) is 12.0 Å². The van der Waals surface area contributed by atoms with Gasteiger partial charge >= 0.3 is 6.09 Å². The van der Waals surface area contributed by atoms with Crippen molar-refractivity contribution in [2.24, 2.45) is 11.3 Å². The third kappa shape index (κ3) is 5.06. The number of piperidine rings is 3. The summed E-state index contributed by atoms with van der Waals surface area (Å²) < 4.78 is 5.59. The average molecular weight is 386 g/mol. The van der Waals surface area contributed by atoms with Crippen molar-refractivity contribution in [2.75, 3.05) is 45.8 Å². The molecule has 0 atom stereocenters. The average Bonchev–Trinajstić information content (AvgIpc) is 2.75. The Hall–Kier alpha value is -1.59. The van der Waals surface area contributed by atoms with E-state index >= 15 is 0 Å². The fourth-order valence-electron chi connectivity index (χ4n) is 5.22. The molecular formula is C23H35N3O2. The van der Waals surface area contributed by atoms with Gasteiger partial charge in [0, 0.05) is 19.6 Å². The van der Waals surface area contributed by atoms with Crippen LogP contribution < -0.4 is 5.32 Å². The van der Waals surface area contributed by atoms with Gasteiger partial charge in [-0.2, -0.15) is 0 Å². The first-order chi connectivity index (χ1) is 13.7. The molecule has 0 radical (unpaired) electrons.